The molecule has 0 radical (unpaired) electrons. The van der Waals surface area contributed by atoms with Gasteiger partial charge in [0, 0.05) is 18.9 Å². The fourth-order valence-corrected chi connectivity index (χ4v) is 3.76. The summed E-state index contributed by atoms with van der Waals surface area (Å²) in [4.78, 5) is 14.7. The number of amides is 1. The van der Waals surface area contributed by atoms with Gasteiger partial charge < -0.3 is 4.90 Å². The molecule has 3 rings (SSSR count). The first-order chi connectivity index (χ1) is 10.9. The van der Waals surface area contributed by atoms with E-state index in [0.29, 0.717) is 5.56 Å². The molecule has 0 saturated heterocycles. The van der Waals surface area contributed by atoms with Gasteiger partial charge in [-0.3, -0.25) is 4.79 Å². The predicted octanol–water partition coefficient (Wildman–Crippen LogP) is 2.85. The van der Waals surface area contributed by atoms with Crippen LogP contribution in [0.3, 0.4) is 0 Å². The van der Waals surface area contributed by atoms with Crippen LogP contribution in [-0.2, 0) is 16.3 Å². The van der Waals surface area contributed by atoms with Crippen molar-refractivity contribution in [2.45, 2.75) is 23.8 Å². The summed E-state index contributed by atoms with van der Waals surface area (Å²) in [5.74, 6) is -0.0910. The van der Waals surface area contributed by atoms with Crippen molar-refractivity contribution in [1.82, 2.24) is 4.90 Å². The quantitative estimate of drug-likeness (QED) is 0.870. The molecule has 0 fully saturated rings. The Morgan fingerprint density at radius 3 is 2.39 bits per heavy atom. The van der Waals surface area contributed by atoms with Gasteiger partial charge in [-0.25, -0.2) is 8.42 Å². The second-order valence-corrected chi connectivity index (χ2v) is 7.98. The van der Waals surface area contributed by atoms with Gasteiger partial charge in [-0.15, -0.1) is 0 Å². The minimum Gasteiger partial charge on any atom is -0.335 e. The van der Waals surface area contributed by atoms with E-state index in [1.165, 1.54) is 23.3 Å². The highest BCUT2D eigenvalue weighted by Gasteiger charge is 2.28. The van der Waals surface area contributed by atoms with E-state index in [1.807, 2.05) is 12.1 Å². The van der Waals surface area contributed by atoms with Gasteiger partial charge in [0.15, 0.2) is 9.84 Å². The standard InChI is InChI=1S/C18H19NO3S/c1-19(17-12-9-13-5-3-4-6-16(13)17)18(20)14-7-10-15(11-8-14)23(2,21)22/h3-8,10-11,17H,9,12H2,1-2H3. The first kappa shape index (κ1) is 15.7. The normalized spacial score (nSPS) is 16.9. The molecule has 2 aromatic rings. The molecule has 0 N–H and O–H groups in total. The van der Waals surface area contributed by atoms with Gasteiger partial charge in [-0.05, 0) is 48.2 Å². The van der Waals surface area contributed by atoms with E-state index in [2.05, 4.69) is 12.1 Å². The highest BCUT2D eigenvalue weighted by molar-refractivity contribution is 7.90. The van der Waals surface area contributed by atoms with Crippen LogP contribution in [0.1, 0.15) is 33.9 Å². The van der Waals surface area contributed by atoms with Crippen LogP contribution >= 0.6 is 0 Å². The van der Waals surface area contributed by atoms with E-state index in [0.717, 1.165) is 19.1 Å². The molecule has 1 amide bonds. The topological polar surface area (TPSA) is 54.5 Å². The van der Waals surface area contributed by atoms with Crippen molar-refractivity contribution in [3.05, 3.63) is 65.2 Å². The Labute approximate surface area is 136 Å². The maximum absolute atomic E-state index is 12.7. The van der Waals surface area contributed by atoms with Gasteiger partial charge in [-0.1, -0.05) is 24.3 Å². The van der Waals surface area contributed by atoms with Crippen LogP contribution in [0.25, 0.3) is 0 Å². The van der Waals surface area contributed by atoms with Crippen molar-refractivity contribution in [2.24, 2.45) is 0 Å². The lowest BCUT2D eigenvalue weighted by Gasteiger charge is -2.25. The SMILES string of the molecule is CN(C(=O)c1ccc(S(C)(=O)=O)cc1)C1CCc2ccccc21. The second kappa shape index (κ2) is 5.81. The summed E-state index contributed by atoms with van der Waals surface area (Å²) in [6.45, 7) is 0. The summed E-state index contributed by atoms with van der Waals surface area (Å²) in [7, 11) is -1.44. The van der Waals surface area contributed by atoms with Crippen LogP contribution in [0.15, 0.2) is 53.4 Å². The van der Waals surface area contributed by atoms with Gasteiger partial charge in [-0.2, -0.15) is 0 Å². The van der Waals surface area contributed by atoms with Crippen molar-refractivity contribution in [1.29, 1.82) is 0 Å². The number of fused-ring (bicyclic) bond motifs is 1. The number of sulfone groups is 1. The number of carbonyl (C=O) groups excluding carboxylic acids is 1. The highest BCUT2D eigenvalue weighted by Crippen LogP contribution is 2.35. The molecule has 1 aliphatic rings. The van der Waals surface area contributed by atoms with Crippen molar-refractivity contribution < 1.29 is 13.2 Å². The molecule has 4 nitrogen and oxygen atoms in total. The largest absolute Gasteiger partial charge is 0.335 e. The van der Waals surface area contributed by atoms with Crippen molar-refractivity contribution in [3.63, 3.8) is 0 Å². The Kier molecular flexibility index (Phi) is 3.98. The Balaban J connectivity index is 1.84. The average molecular weight is 329 g/mol. The summed E-state index contributed by atoms with van der Waals surface area (Å²) in [5.41, 5.74) is 3.00. The summed E-state index contributed by atoms with van der Waals surface area (Å²) >= 11 is 0. The number of rotatable bonds is 3. The number of carbonyl (C=O) groups is 1. The van der Waals surface area contributed by atoms with Gasteiger partial charge >= 0.3 is 0 Å². The first-order valence-corrected chi connectivity index (χ1v) is 9.42. The van der Waals surface area contributed by atoms with Gasteiger partial charge in [0.25, 0.3) is 5.91 Å². The van der Waals surface area contributed by atoms with Crippen LogP contribution in [0, 0.1) is 0 Å². The van der Waals surface area contributed by atoms with E-state index >= 15 is 0 Å². The second-order valence-electron chi connectivity index (χ2n) is 5.97. The molecule has 0 aliphatic heterocycles. The predicted molar refractivity (Wildman–Crippen MR) is 89.1 cm³/mol. The molecule has 0 saturated carbocycles. The third-order valence-electron chi connectivity index (χ3n) is 4.42. The Morgan fingerprint density at radius 1 is 1.09 bits per heavy atom. The van der Waals surface area contributed by atoms with E-state index in [4.69, 9.17) is 0 Å². The fraction of sp³-hybridized carbons (Fsp3) is 0.278. The molecule has 1 unspecified atom stereocenters. The maximum atomic E-state index is 12.7. The molecule has 1 atom stereocenters. The van der Waals surface area contributed by atoms with Gasteiger partial charge in [0.05, 0.1) is 10.9 Å². The Hall–Kier alpha value is -2.14. The zero-order valence-corrected chi connectivity index (χ0v) is 14.0. The van der Waals surface area contributed by atoms with E-state index in [1.54, 1.807) is 24.1 Å². The lowest BCUT2D eigenvalue weighted by Crippen LogP contribution is -2.30. The zero-order chi connectivity index (χ0) is 16.6. The molecule has 0 spiro atoms. The first-order valence-electron chi connectivity index (χ1n) is 7.53. The molecule has 0 aromatic heterocycles. The van der Waals surface area contributed by atoms with Crippen LogP contribution in [0.5, 0.6) is 0 Å². The smallest absolute Gasteiger partial charge is 0.254 e. The molecule has 0 heterocycles. The van der Waals surface area contributed by atoms with E-state index in [-0.39, 0.29) is 16.8 Å². The molecular formula is C18H19NO3S. The molecular weight excluding hydrogens is 310 g/mol. The summed E-state index contributed by atoms with van der Waals surface area (Å²) < 4.78 is 23.0. The van der Waals surface area contributed by atoms with Crippen LogP contribution < -0.4 is 0 Å². The molecule has 23 heavy (non-hydrogen) atoms. The van der Waals surface area contributed by atoms with Crippen molar-refractivity contribution in [3.8, 4) is 0 Å². The average Bonchev–Trinajstić information content (AvgIpc) is 2.97. The van der Waals surface area contributed by atoms with Crippen LogP contribution in [0.4, 0.5) is 0 Å². The Morgan fingerprint density at radius 2 is 1.74 bits per heavy atom. The van der Waals surface area contributed by atoms with Crippen molar-refractivity contribution >= 4 is 15.7 Å². The van der Waals surface area contributed by atoms with E-state index < -0.39 is 9.84 Å². The summed E-state index contributed by atoms with van der Waals surface area (Å²) in [6.07, 6.45) is 3.06. The minimum atomic E-state index is -3.25. The van der Waals surface area contributed by atoms with Gasteiger partial charge in [0.1, 0.15) is 0 Å². The summed E-state index contributed by atoms with van der Waals surface area (Å²) in [5, 5.41) is 0. The number of hydrogen-bond donors (Lipinski definition) is 0. The Bertz CT molecular complexity index is 841. The minimum absolute atomic E-state index is 0.0771. The zero-order valence-electron chi connectivity index (χ0n) is 13.2. The molecule has 1 aliphatic carbocycles. The van der Waals surface area contributed by atoms with Gasteiger partial charge in [0.2, 0.25) is 0 Å². The summed E-state index contributed by atoms with van der Waals surface area (Å²) in [6, 6.07) is 14.4. The maximum Gasteiger partial charge on any atom is 0.254 e. The number of benzene rings is 2. The van der Waals surface area contributed by atoms with Crippen LogP contribution in [0.2, 0.25) is 0 Å². The number of aryl methyl sites for hydroxylation is 1. The van der Waals surface area contributed by atoms with Crippen molar-refractivity contribution in [2.75, 3.05) is 13.3 Å². The molecule has 5 heteroatoms. The molecule has 2 aromatic carbocycles. The number of hydrogen-bond acceptors (Lipinski definition) is 3. The monoisotopic (exact) mass is 329 g/mol. The third-order valence-corrected chi connectivity index (χ3v) is 5.55. The molecule has 0 bridgehead atoms. The molecule has 120 valence electrons. The fourth-order valence-electron chi connectivity index (χ4n) is 3.13. The lowest BCUT2D eigenvalue weighted by molar-refractivity contribution is 0.0730. The highest BCUT2D eigenvalue weighted by atomic mass is 32.2. The van der Waals surface area contributed by atoms with Crippen LogP contribution in [-0.4, -0.2) is 32.5 Å². The number of nitrogens with zero attached hydrogens (tertiary/aromatic N) is 1. The lowest BCUT2D eigenvalue weighted by atomic mass is 10.1. The third kappa shape index (κ3) is 3.01. The van der Waals surface area contributed by atoms with E-state index in [9.17, 15) is 13.2 Å².